The molecule has 0 bridgehead atoms. The van der Waals surface area contributed by atoms with Crippen LogP contribution in [0, 0.1) is 0 Å². The molecular weight excluding hydrogens is 294 g/mol. The molecule has 0 aromatic heterocycles. The maximum atomic E-state index is 12.3. The Morgan fingerprint density at radius 1 is 1.27 bits per heavy atom. The van der Waals surface area contributed by atoms with Crippen molar-refractivity contribution >= 4 is 28.4 Å². The lowest BCUT2D eigenvalue weighted by molar-refractivity contribution is -0.121. The van der Waals surface area contributed by atoms with Gasteiger partial charge in [-0.2, -0.15) is 11.8 Å². The summed E-state index contributed by atoms with van der Waals surface area (Å²) in [5, 5.41) is 5.38. The third-order valence-electron chi connectivity index (χ3n) is 4.34. The minimum Gasteiger partial charge on any atom is -0.376 e. The van der Waals surface area contributed by atoms with Gasteiger partial charge >= 0.3 is 0 Å². The summed E-state index contributed by atoms with van der Waals surface area (Å²) >= 11 is 1.89. The monoisotopic (exact) mass is 315 g/mol. The molecule has 0 saturated carbocycles. The van der Waals surface area contributed by atoms with Gasteiger partial charge in [-0.1, -0.05) is 42.5 Å². The van der Waals surface area contributed by atoms with E-state index in [1.807, 2.05) is 36.0 Å². The highest BCUT2D eigenvalue weighted by Crippen LogP contribution is 2.30. The molecule has 2 aromatic carbocycles. The number of amides is 1. The van der Waals surface area contributed by atoms with Crippen LogP contribution in [0.4, 0.5) is 0 Å². The number of hydrogen-bond acceptors (Lipinski definition) is 3. The fourth-order valence-corrected chi connectivity index (χ4v) is 4.30. The molecule has 3 rings (SSSR count). The molecule has 116 valence electrons. The minimum absolute atomic E-state index is 0.0599. The molecule has 0 aliphatic carbocycles. The van der Waals surface area contributed by atoms with Crippen LogP contribution in [0.1, 0.15) is 12.0 Å². The van der Waals surface area contributed by atoms with Gasteiger partial charge in [0, 0.05) is 19.4 Å². The van der Waals surface area contributed by atoms with E-state index in [2.05, 4.69) is 23.5 Å². The van der Waals surface area contributed by atoms with Crippen molar-refractivity contribution in [3.63, 3.8) is 0 Å². The van der Waals surface area contributed by atoms with Crippen molar-refractivity contribution in [2.75, 3.05) is 25.2 Å². The highest BCUT2D eigenvalue weighted by Gasteiger charge is 2.34. The van der Waals surface area contributed by atoms with Crippen molar-refractivity contribution in [1.82, 2.24) is 5.32 Å². The number of nitrogens with one attached hydrogen (secondary N) is 1. The lowest BCUT2D eigenvalue weighted by Crippen LogP contribution is -2.45. The fourth-order valence-electron chi connectivity index (χ4n) is 2.90. The SMILES string of the molecule is COC1(CNC(=O)Cc2cccc3ccccc23)CCSC1. The molecular formula is C18H21NO2S. The number of carbonyl (C=O) groups excluding carboxylic acids is 1. The van der Waals surface area contributed by atoms with Gasteiger partial charge in [0.1, 0.15) is 0 Å². The maximum Gasteiger partial charge on any atom is 0.224 e. The summed E-state index contributed by atoms with van der Waals surface area (Å²) in [6.45, 7) is 0.597. The number of benzene rings is 2. The van der Waals surface area contributed by atoms with Crippen LogP contribution in [0.5, 0.6) is 0 Å². The Morgan fingerprint density at radius 3 is 2.86 bits per heavy atom. The first kappa shape index (κ1) is 15.4. The van der Waals surface area contributed by atoms with E-state index in [9.17, 15) is 4.79 Å². The molecule has 3 nitrogen and oxygen atoms in total. The molecule has 1 saturated heterocycles. The van der Waals surface area contributed by atoms with Crippen LogP contribution in [0.2, 0.25) is 0 Å². The molecule has 1 aliphatic rings. The van der Waals surface area contributed by atoms with Gasteiger partial charge in [-0.3, -0.25) is 4.79 Å². The highest BCUT2D eigenvalue weighted by atomic mass is 32.2. The van der Waals surface area contributed by atoms with Crippen LogP contribution in [0.15, 0.2) is 42.5 Å². The maximum absolute atomic E-state index is 12.3. The summed E-state index contributed by atoms with van der Waals surface area (Å²) in [7, 11) is 1.74. The Bertz CT molecular complexity index is 660. The number of carbonyl (C=O) groups is 1. The van der Waals surface area contributed by atoms with Crippen LogP contribution in [-0.4, -0.2) is 36.7 Å². The van der Waals surface area contributed by atoms with E-state index < -0.39 is 0 Å². The number of fused-ring (bicyclic) bond motifs is 1. The van der Waals surface area contributed by atoms with E-state index in [1.165, 1.54) is 5.39 Å². The Morgan fingerprint density at radius 2 is 2.09 bits per heavy atom. The van der Waals surface area contributed by atoms with Crippen molar-refractivity contribution in [2.45, 2.75) is 18.4 Å². The number of rotatable bonds is 5. The molecule has 1 atom stereocenters. The van der Waals surface area contributed by atoms with E-state index in [0.717, 1.165) is 28.9 Å². The second-order valence-corrected chi connectivity index (χ2v) is 6.89. The van der Waals surface area contributed by atoms with Gasteiger partial charge in [0.15, 0.2) is 0 Å². The van der Waals surface area contributed by atoms with Crippen molar-refractivity contribution in [2.24, 2.45) is 0 Å². The predicted octanol–water partition coefficient (Wildman–Crippen LogP) is 3.02. The average molecular weight is 315 g/mol. The van der Waals surface area contributed by atoms with Crippen LogP contribution in [0.25, 0.3) is 10.8 Å². The normalized spacial score (nSPS) is 21.1. The molecule has 4 heteroatoms. The molecule has 1 N–H and O–H groups in total. The zero-order valence-electron chi connectivity index (χ0n) is 12.8. The summed E-state index contributed by atoms with van der Waals surface area (Å²) in [6, 6.07) is 14.3. The topological polar surface area (TPSA) is 38.3 Å². The second-order valence-electron chi connectivity index (χ2n) is 5.78. The molecule has 0 radical (unpaired) electrons. The van der Waals surface area contributed by atoms with Crippen molar-refractivity contribution in [3.8, 4) is 0 Å². The van der Waals surface area contributed by atoms with Gasteiger partial charge in [-0.05, 0) is 28.5 Å². The number of methoxy groups -OCH3 is 1. The number of hydrogen-bond donors (Lipinski definition) is 1. The second kappa shape index (κ2) is 6.71. The lowest BCUT2D eigenvalue weighted by atomic mass is 10.0. The van der Waals surface area contributed by atoms with Crippen LogP contribution in [-0.2, 0) is 16.0 Å². The van der Waals surface area contributed by atoms with E-state index in [4.69, 9.17) is 4.74 Å². The zero-order valence-corrected chi connectivity index (χ0v) is 13.6. The van der Waals surface area contributed by atoms with E-state index in [-0.39, 0.29) is 11.5 Å². The van der Waals surface area contributed by atoms with E-state index >= 15 is 0 Å². The first-order chi connectivity index (χ1) is 10.7. The van der Waals surface area contributed by atoms with Gasteiger partial charge in [-0.25, -0.2) is 0 Å². The van der Waals surface area contributed by atoms with Crippen LogP contribution >= 0.6 is 11.8 Å². The average Bonchev–Trinajstić information content (AvgIpc) is 3.03. The Labute approximate surface area is 135 Å². The third-order valence-corrected chi connectivity index (χ3v) is 5.56. The summed E-state index contributed by atoms with van der Waals surface area (Å²) in [5.74, 6) is 2.12. The van der Waals surface area contributed by atoms with Crippen LogP contribution < -0.4 is 5.32 Å². The molecule has 22 heavy (non-hydrogen) atoms. The van der Waals surface area contributed by atoms with Crippen LogP contribution in [0.3, 0.4) is 0 Å². The van der Waals surface area contributed by atoms with Crippen molar-refractivity contribution in [1.29, 1.82) is 0 Å². The smallest absolute Gasteiger partial charge is 0.224 e. The Kier molecular flexibility index (Phi) is 4.69. The summed E-state index contributed by atoms with van der Waals surface area (Å²) in [6.07, 6.45) is 1.41. The van der Waals surface area contributed by atoms with Gasteiger partial charge in [0.2, 0.25) is 5.91 Å². The third kappa shape index (κ3) is 3.28. The standard InChI is InChI=1S/C18H21NO2S/c1-21-18(9-10-22-13-18)12-19-17(20)11-15-7-4-6-14-5-2-3-8-16(14)15/h2-8H,9-13H2,1H3,(H,19,20). The molecule has 1 fully saturated rings. The predicted molar refractivity (Wildman–Crippen MR) is 92.3 cm³/mol. The minimum atomic E-state index is -0.181. The lowest BCUT2D eigenvalue weighted by Gasteiger charge is -2.26. The van der Waals surface area contributed by atoms with Gasteiger partial charge in [0.25, 0.3) is 0 Å². The Balaban J connectivity index is 1.66. The van der Waals surface area contributed by atoms with E-state index in [0.29, 0.717) is 13.0 Å². The molecule has 2 aromatic rings. The number of thioether (sulfide) groups is 1. The van der Waals surface area contributed by atoms with Gasteiger partial charge in [-0.15, -0.1) is 0 Å². The van der Waals surface area contributed by atoms with Crippen molar-refractivity contribution < 1.29 is 9.53 Å². The molecule has 1 unspecified atom stereocenters. The largest absolute Gasteiger partial charge is 0.376 e. The molecule has 0 spiro atoms. The van der Waals surface area contributed by atoms with Gasteiger partial charge in [0.05, 0.1) is 12.0 Å². The molecule has 1 heterocycles. The quantitative estimate of drug-likeness (QED) is 0.922. The number of ether oxygens (including phenoxy) is 1. The summed E-state index contributed by atoms with van der Waals surface area (Å²) in [4.78, 5) is 12.3. The molecule has 1 amide bonds. The zero-order chi connectivity index (χ0) is 15.4. The van der Waals surface area contributed by atoms with Gasteiger partial charge < -0.3 is 10.1 Å². The fraction of sp³-hybridized carbons (Fsp3) is 0.389. The molecule has 1 aliphatic heterocycles. The first-order valence-electron chi connectivity index (χ1n) is 7.59. The first-order valence-corrected chi connectivity index (χ1v) is 8.74. The highest BCUT2D eigenvalue weighted by molar-refractivity contribution is 7.99. The van der Waals surface area contributed by atoms with E-state index in [1.54, 1.807) is 7.11 Å². The van der Waals surface area contributed by atoms with Crippen molar-refractivity contribution in [3.05, 3.63) is 48.0 Å². The summed E-state index contributed by atoms with van der Waals surface area (Å²) in [5.41, 5.74) is 0.891. The summed E-state index contributed by atoms with van der Waals surface area (Å²) < 4.78 is 5.63. The Hall–Kier alpha value is -1.52.